The van der Waals surface area contributed by atoms with Gasteiger partial charge in [0.15, 0.2) is 0 Å². The van der Waals surface area contributed by atoms with E-state index >= 15 is 0 Å². The predicted molar refractivity (Wildman–Crippen MR) is 113 cm³/mol. The number of aryl methyl sites for hydroxylation is 6. The summed E-state index contributed by atoms with van der Waals surface area (Å²) in [5, 5.41) is -0.676. The average Bonchev–Trinajstić information content (AvgIpc) is 2.53. The van der Waals surface area contributed by atoms with Gasteiger partial charge in [-0.05, 0) is 80.5 Å². The van der Waals surface area contributed by atoms with Gasteiger partial charge in [0.2, 0.25) is 0 Å². The molecule has 0 aliphatic carbocycles. The molecule has 0 aromatic heterocycles. The summed E-state index contributed by atoms with van der Waals surface area (Å²) >= 11 is 0. The molecule has 0 heterocycles. The van der Waals surface area contributed by atoms with Crippen molar-refractivity contribution in [1.29, 1.82) is 0 Å². The van der Waals surface area contributed by atoms with Crippen molar-refractivity contribution >= 4 is 7.85 Å². The van der Waals surface area contributed by atoms with Gasteiger partial charge < -0.3 is 0 Å². The summed E-state index contributed by atoms with van der Waals surface area (Å²) < 4.78 is 0. The largest absolute Gasteiger partial charge is 0.0940 e. The molecule has 3 rings (SSSR count). The third-order valence-electron chi connectivity index (χ3n) is 5.37. The minimum absolute atomic E-state index is 0.676. The lowest BCUT2D eigenvalue weighted by atomic mass is 9.53. The Balaban J connectivity index is 2.45. The fourth-order valence-corrected chi connectivity index (χ4v) is 4.72. The average molecular weight is 338 g/mol. The van der Waals surface area contributed by atoms with Crippen molar-refractivity contribution in [2.45, 2.75) is 46.9 Å². The van der Waals surface area contributed by atoms with E-state index in [1.54, 1.807) is 0 Å². The van der Waals surface area contributed by atoms with Gasteiger partial charge in [-0.15, -0.1) is 0 Å². The van der Waals surface area contributed by atoms with Crippen LogP contribution in [0.1, 0.15) is 50.1 Å². The topological polar surface area (TPSA) is 0 Å². The molecule has 0 aliphatic rings. The quantitative estimate of drug-likeness (QED) is 0.406. The first-order chi connectivity index (χ1) is 12.2. The number of benzene rings is 3. The maximum atomic E-state index is 7.37. The molecular weight excluding hydrogens is 311 g/mol. The van der Waals surface area contributed by atoms with E-state index in [1.807, 2.05) is 6.07 Å². The lowest BCUT2D eigenvalue weighted by Gasteiger charge is -2.38. The molecule has 0 N–H and O–H groups in total. The van der Waals surface area contributed by atoms with Crippen molar-refractivity contribution in [2.24, 2.45) is 0 Å². The Kier molecular flexibility index (Phi) is 4.84. The standard InChI is InChI=1S/C25H27B/c1-16-12-18(3)23(19(4)13-16)25(26,22-10-8-7-9-11-22)24-20(5)14-17(2)15-21(24)6/h7-15H,1-6H3. The van der Waals surface area contributed by atoms with Crippen LogP contribution in [0, 0.1) is 41.5 Å². The van der Waals surface area contributed by atoms with Crippen LogP contribution in [0.25, 0.3) is 0 Å². The van der Waals surface area contributed by atoms with E-state index in [4.69, 9.17) is 7.85 Å². The van der Waals surface area contributed by atoms with E-state index in [0.717, 1.165) is 5.56 Å². The molecule has 0 bridgehead atoms. The van der Waals surface area contributed by atoms with Crippen molar-refractivity contribution < 1.29 is 0 Å². The van der Waals surface area contributed by atoms with Crippen molar-refractivity contribution in [3.63, 3.8) is 0 Å². The highest BCUT2D eigenvalue weighted by Crippen LogP contribution is 2.42. The second kappa shape index (κ2) is 6.80. The highest BCUT2D eigenvalue weighted by Gasteiger charge is 2.35. The second-order valence-corrected chi connectivity index (χ2v) is 7.72. The minimum atomic E-state index is -0.676. The molecule has 2 radical (unpaired) electrons. The highest BCUT2D eigenvalue weighted by molar-refractivity contribution is 6.21. The molecule has 1 heteroatoms. The molecule has 3 aromatic carbocycles. The summed E-state index contributed by atoms with van der Waals surface area (Å²) in [5.41, 5.74) is 11.1. The molecule has 0 atom stereocenters. The fourth-order valence-electron chi connectivity index (χ4n) is 4.72. The van der Waals surface area contributed by atoms with Gasteiger partial charge >= 0.3 is 0 Å². The van der Waals surface area contributed by atoms with Crippen molar-refractivity contribution in [3.8, 4) is 0 Å². The van der Waals surface area contributed by atoms with Crippen LogP contribution in [0.3, 0.4) is 0 Å². The lowest BCUT2D eigenvalue weighted by Crippen LogP contribution is -2.33. The van der Waals surface area contributed by atoms with Crippen molar-refractivity contribution in [2.75, 3.05) is 0 Å². The molecule has 0 nitrogen and oxygen atoms in total. The van der Waals surface area contributed by atoms with E-state index in [9.17, 15) is 0 Å². The van der Waals surface area contributed by atoms with Crippen LogP contribution < -0.4 is 0 Å². The Morgan fingerprint density at radius 1 is 0.577 bits per heavy atom. The summed E-state index contributed by atoms with van der Waals surface area (Å²) in [6.07, 6.45) is 0. The summed E-state index contributed by atoms with van der Waals surface area (Å²) in [4.78, 5) is 0. The fraction of sp³-hybridized carbons (Fsp3) is 0.280. The number of hydrogen-bond donors (Lipinski definition) is 0. The molecule has 0 fully saturated rings. The van der Waals surface area contributed by atoms with Crippen LogP contribution in [0.15, 0.2) is 54.6 Å². The third-order valence-corrected chi connectivity index (χ3v) is 5.37. The van der Waals surface area contributed by atoms with Gasteiger partial charge in [0.05, 0.1) is 7.85 Å². The molecule has 0 spiro atoms. The van der Waals surface area contributed by atoms with Gasteiger partial charge in [-0.1, -0.05) is 65.7 Å². The van der Waals surface area contributed by atoms with E-state index < -0.39 is 5.31 Å². The smallest absolute Gasteiger partial charge is 0.0622 e. The minimum Gasteiger partial charge on any atom is -0.0622 e. The maximum absolute atomic E-state index is 7.37. The first-order valence-electron chi connectivity index (χ1n) is 9.26. The summed E-state index contributed by atoms with van der Waals surface area (Å²) in [6, 6.07) is 19.5. The Morgan fingerprint density at radius 3 is 1.27 bits per heavy atom. The van der Waals surface area contributed by atoms with E-state index in [1.165, 1.54) is 44.5 Å². The van der Waals surface area contributed by atoms with Crippen LogP contribution in [0.4, 0.5) is 0 Å². The van der Waals surface area contributed by atoms with Crippen LogP contribution in [-0.2, 0) is 5.31 Å². The van der Waals surface area contributed by atoms with Gasteiger partial charge in [-0.25, -0.2) is 0 Å². The maximum Gasteiger partial charge on any atom is 0.0940 e. The molecule has 0 saturated heterocycles. The van der Waals surface area contributed by atoms with Crippen LogP contribution in [0.5, 0.6) is 0 Å². The highest BCUT2D eigenvalue weighted by atomic mass is 14.3. The van der Waals surface area contributed by atoms with Crippen LogP contribution in [0.2, 0.25) is 0 Å². The lowest BCUT2D eigenvalue weighted by molar-refractivity contribution is 0.834. The Labute approximate surface area is 159 Å². The van der Waals surface area contributed by atoms with E-state index in [-0.39, 0.29) is 0 Å². The van der Waals surface area contributed by atoms with Gasteiger partial charge in [-0.3, -0.25) is 0 Å². The number of hydrogen-bond acceptors (Lipinski definition) is 0. The molecule has 0 aliphatic heterocycles. The van der Waals surface area contributed by atoms with Gasteiger partial charge in [0.25, 0.3) is 0 Å². The SMILES string of the molecule is [B]C(c1ccccc1)(c1c(C)cc(C)cc1C)c1c(C)cc(C)cc1C. The van der Waals surface area contributed by atoms with Crippen molar-refractivity contribution in [1.82, 2.24) is 0 Å². The van der Waals surface area contributed by atoms with Crippen LogP contribution >= 0.6 is 0 Å². The Hall–Kier alpha value is -2.28. The molecule has 0 unspecified atom stereocenters. The third kappa shape index (κ3) is 3.01. The van der Waals surface area contributed by atoms with Gasteiger partial charge in [0.1, 0.15) is 0 Å². The predicted octanol–water partition coefficient (Wildman–Crippen LogP) is 6.00. The molecule has 130 valence electrons. The Morgan fingerprint density at radius 2 is 0.923 bits per heavy atom. The normalized spacial score (nSPS) is 11.6. The molecule has 26 heavy (non-hydrogen) atoms. The summed E-state index contributed by atoms with van der Waals surface area (Å²) in [5.74, 6) is 0. The van der Waals surface area contributed by atoms with Crippen molar-refractivity contribution in [3.05, 3.63) is 105 Å². The monoisotopic (exact) mass is 338 g/mol. The molecular formula is C25H27B. The first kappa shape index (κ1) is 18.5. The summed E-state index contributed by atoms with van der Waals surface area (Å²) in [6.45, 7) is 13.0. The Bertz CT molecular complexity index is 848. The van der Waals surface area contributed by atoms with E-state index in [2.05, 4.69) is 90.1 Å². The van der Waals surface area contributed by atoms with Gasteiger partial charge in [-0.2, -0.15) is 0 Å². The molecule has 0 amide bonds. The zero-order chi connectivity index (χ0) is 19.1. The van der Waals surface area contributed by atoms with E-state index in [0.29, 0.717) is 0 Å². The van der Waals surface area contributed by atoms with Gasteiger partial charge in [0, 0.05) is 5.31 Å². The zero-order valence-electron chi connectivity index (χ0n) is 16.8. The second-order valence-electron chi connectivity index (χ2n) is 7.72. The summed E-state index contributed by atoms with van der Waals surface area (Å²) in [7, 11) is 7.37. The molecule has 3 aromatic rings. The zero-order valence-corrected chi connectivity index (χ0v) is 16.8. The first-order valence-corrected chi connectivity index (χ1v) is 9.26. The van der Waals surface area contributed by atoms with Crippen LogP contribution in [-0.4, -0.2) is 7.85 Å². The number of rotatable bonds is 3. The molecule has 0 saturated carbocycles.